The number of carbonyl (C=O) groups is 1. The average molecular weight is 442 g/mol. The van der Waals surface area contributed by atoms with Crippen molar-refractivity contribution < 1.29 is 23.1 Å². The highest BCUT2D eigenvalue weighted by Crippen LogP contribution is 2.33. The molecule has 9 nitrogen and oxygen atoms in total. The molecule has 162 valence electrons. The number of hydrogen-bond acceptors (Lipinski definition) is 9. The number of hydrogen-bond donors (Lipinski definition) is 1. The van der Waals surface area contributed by atoms with Gasteiger partial charge in [0, 0.05) is 56.3 Å². The van der Waals surface area contributed by atoms with Gasteiger partial charge in [-0.15, -0.1) is 0 Å². The number of cyclic esters (lactones) is 1. The number of aliphatic hydroxyl groups excluding tert-OH is 1. The Morgan fingerprint density at radius 2 is 1.97 bits per heavy atom. The van der Waals surface area contributed by atoms with Crippen LogP contribution in [0.2, 0.25) is 0 Å². The zero-order chi connectivity index (χ0) is 22.2. The van der Waals surface area contributed by atoms with Crippen LogP contribution >= 0.6 is 0 Å². The molecule has 1 saturated heterocycles. The SMILES string of the molecule is CS(=O)(=O)c1c(C(O)CN2CCN(c3ccc(C#N)cn3)CC2)ccc2c1COC2=O. The van der Waals surface area contributed by atoms with Crippen LogP contribution in [0.5, 0.6) is 0 Å². The molecule has 3 heterocycles. The van der Waals surface area contributed by atoms with Crippen LogP contribution in [0.4, 0.5) is 5.82 Å². The molecule has 1 fully saturated rings. The summed E-state index contributed by atoms with van der Waals surface area (Å²) in [5.74, 6) is 0.246. The summed E-state index contributed by atoms with van der Waals surface area (Å²) in [7, 11) is -3.67. The molecule has 0 spiro atoms. The zero-order valence-corrected chi connectivity index (χ0v) is 17.8. The second kappa shape index (κ2) is 8.26. The first-order chi connectivity index (χ1) is 14.8. The summed E-state index contributed by atoms with van der Waals surface area (Å²) in [6.07, 6.45) is 1.59. The van der Waals surface area contributed by atoms with E-state index in [1.165, 1.54) is 12.1 Å². The minimum absolute atomic E-state index is 0.0104. The molecule has 2 aliphatic rings. The summed E-state index contributed by atoms with van der Waals surface area (Å²) in [6.45, 7) is 2.88. The number of sulfone groups is 1. The number of esters is 1. The molecule has 10 heteroatoms. The number of rotatable bonds is 5. The lowest BCUT2D eigenvalue weighted by Crippen LogP contribution is -2.47. The highest BCUT2D eigenvalue weighted by Gasteiger charge is 2.32. The number of ether oxygens (including phenoxy) is 1. The minimum Gasteiger partial charge on any atom is -0.457 e. The Labute approximate surface area is 180 Å². The van der Waals surface area contributed by atoms with Crippen molar-refractivity contribution in [1.82, 2.24) is 9.88 Å². The maximum absolute atomic E-state index is 12.4. The van der Waals surface area contributed by atoms with E-state index in [2.05, 4.69) is 14.8 Å². The van der Waals surface area contributed by atoms with Crippen LogP contribution in [0.1, 0.15) is 33.2 Å². The van der Waals surface area contributed by atoms with E-state index in [0.29, 0.717) is 37.3 Å². The van der Waals surface area contributed by atoms with Gasteiger partial charge in [0.05, 0.1) is 22.1 Å². The smallest absolute Gasteiger partial charge is 0.338 e. The van der Waals surface area contributed by atoms with Crippen LogP contribution in [0.15, 0.2) is 35.4 Å². The molecule has 0 aliphatic carbocycles. The van der Waals surface area contributed by atoms with Gasteiger partial charge in [-0.3, -0.25) is 4.90 Å². The molecular weight excluding hydrogens is 420 g/mol. The summed E-state index contributed by atoms with van der Waals surface area (Å²) in [5, 5.41) is 19.8. The molecule has 1 aromatic carbocycles. The van der Waals surface area contributed by atoms with Gasteiger partial charge in [0.2, 0.25) is 0 Å². The number of pyridine rings is 1. The predicted molar refractivity (Wildman–Crippen MR) is 111 cm³/mol. The summed E-state index contributed by atoms with van der Waals surface area (Å²) in [5.41, 5.74) is 1.35. The number of fused-ring (bicyclic) bond motifs is 1. The first-order valence-electron chi connectivity index (χ1n) is 9.82. The number of benzene rings is 1. The first kappa shape index (κ1) is 21.2. The van der Waals surface area contributed by atoms with Gasteiger partial charge in [0.1, 0.15) is 18.5 Å². The van der Waals surface area contributed by atoms with E-state index >= 15 is 0 Å². The van der Waals surface area contributed by atoms with Gasteiger partial charge < -0.3 is 14.7 Å². The third kappa shape index (κ3) is 4.25. The molecule has 0 bridgehead atoms. The third-order valence-corrected chi connectivity index (χ3v) is 6.82. The van der Waals surface area contributed by atoms with E-state index in [1.807, 2.05) is 12.1 Å². The lowest BCUT2D eigenvalue weighted by molar-refractivity contribution is 0.0533. The number of β-amino-alcohol motifs (C(OH)–C–C–N with tert-alkyl or cyclic N) is 1. The molecule has 1 aromatic heterocycles. The van der Waals surface area contributed by atoms with Crippen molar-refractivity contribution in [2.75, 3.05) is 43.9 Å². The predicted octanol–water partition coefficient (Wildman–Crippen LogP) is 0.883. The van der Waals surface area contributed by atoms with E-state index in [4.69, 9.17) is 10.00 Å². The average Bonchev–Trinajstić information content (AvgIpc) is 3.13. The van der Waals surface area contributed by atoms with Crippen LogP contribution in [-0.4, -0.2) is 68.4 Å². The molecule has 0 radical (unpaired) electrons. The summed E-state index contributed by atoms with van der Waals surface area (Å²) < 4.78 is 29.9. The number of anilines is 1. The van der Waals surface area contributed by atoms with Gasteiger partial charge in [-0.1, -0.05) is 6.07 Å². The van der Waals surface area contributed by atoms with E-state index in [1.54, 1.807) is 12.3 Å². The normalized spacial score (nSPS) is 17.7. The minimum atomic E-state index is -3.67. The summed E-state index contributed by atoms with van der Waals surface area (Å²) in [4.78, 5) is 20.3. The first-order valence-corrected chi connectivity index (χ1v) is 11.7. The monoisotopic (exact) mass is 442 g/mol. The Balaban J connectivity index is 1.47. The van der Waals surface area contributed by atoms with Gasteiger partial charge >= 0.3 is 5.97 Å². The molecule has 4 rings (SSSR count). The lowest BCUT2D eigenvalue weighted by Gasteiger charge is -2.36. The number of carbonyl (C=O) groups excluding carboxylic acids is 1. The van der Waals surface area contributed by atoms with Crippen molar-refractivity contribution in [3.63, 3.8) is 0 Å². The van der Waals surface area contributed by atoms with Crippen molar-refractivity contribution in [2.24, 2.45) is 0 Å². The van der Waals surface area contributed by atoms with Crippen LogP contribution < -0.4 is 4.90 Å². The van der Waals surface area contributed by atoms with Crippen LogP contribution in [-0.2, 0) is 21.2 Å². The molecule has 1 N–H and O–H groups in total. The largest absolute Gasteiger partial charge is 0.457 e. The maximum Gasteiger partial charge on any atom is 0.338 e. The van der Waals surface area contributed by atoms with Crippen LogP contribution in [0.25, 0.3) is 0 Å². The second-order valence-electron chi connectivity index (χ2n) is 7.68. The van der Waals surface area contributed by atoms with Gasteiger partial charge in [0.25, 0.3) is 0 Å². The zero-order valence-electron chi connectivity index (χ0n) is 17.0. The Bertz CT molecular complexity index is 1150. The lowest BCUT2D eigenvalue weighted by atomic mass is 10.0. The number of aromatic nitrogens is 1. The molecule has 1 unspecified atom stereocenters. The van der Waals surface area contributed by atoms with Crippen molar-refractivity contribution >= 4 is 21.6 Å². The fraction of sp³-hybridized carbons (Fsp3) is 0.381. The van der Waals surface area contributed by atoms with Crippen LogP contribution in [0.3, 0.4) is 0 Å². The quantitative estimate of drug-likeness (QED) is 0.672. The third-order valence-electron chi connectivity index (χ3n) is 5.59. The molecule has 2 aromatic rings. The maximum atomic E-state index is 12.4. The van der Waals surface area contributed by atoms with Crippen molar-refractivity contribution in [3.05, 3.63) is 52.7 Å². The van der Waals surface area contributed by atoms with E-state index < -0.39 is 21.9 Å². The van der Waals surface area contributed by atoms with Crippen molar-refractivity contribution in [3.8, 4) is 6.07 Å². The van der Waals surface area contributed by atoms with E-state index in [9.17, 15) is 18.3 Å². The fourth-order valence-corrected chi connectivity index (χ4v) is 5.29. The fourth-order valence-electron chi connectivity index (χ4n) is 4.04. The number of nitriles is 1. The Kier molecular flexibility index (Phi) is 5.66. The Morgan fingerprint density at radius 1 is 1.23 bits per heavy atom. The number of nitrogens with zero attached hydrogens (tertiary/aromatic N) is 4. The van der Waals surface area contributed by atoms with Crippen LogP contribution in [0, 0.1) is 11.3 Å². The molecule has 31 heavy (non-hydrogen) atoms. The number of piperazine rings is 1. The Morgan fingerprint density at radius 3 is 2.58 bits per heavy atom. The summed E-state index contributed by atoms with van der Waals surface area (Å²) in [6, 6.07) is 8.62. The van der Waals surface area contributed by atoms with Gasteiger partial charge in [0.15, 0.2) is 9.84 Å². The van der Waals surface area contributed by atoms with Gasteiger partial charge in [-0.2, -0.15) is 5.26 Å². The molecule has 1 atom stereocenters. The van der Waals surface area contributed by atoms with Crippen molar-refractivity contribution in [1.29, 1.82) is 5.26 Å². The van der Waals surface area contributed by atoms with Crippen molar-refractivity contribution in [2.45, 2.75) is 17.6 Å². The van der Waals surface area contributed by atoms with Gasteiger partial charge in [-0.25, -0.2) is 18.2 Å². The molecule has 2 aliphatic heterocycles. The highest BCUT2D eigenvalue weighted by atomic mass is 32.2. The second-order valence-corrected chi connectivity index (χ2v) is 9.63. The topological polar surface area (TPSA) is 124 Å². The van der Waals surface area contributed by atoms with Gasteiger partial charge in [-0.05, 0) is 18.2 Å². The summed E-state index contributed by atoms with van der Waals surface area (Å²) >= 11 is 0. The molecule has 0 saturated carbocycles. The standard InChI is InChI=1S/C21H22N4O5S/c1-31(28,29)20-16(4-3-15-17(20)13-30-21(15)27)18(26)12-24-6-8-25(9-7-24)19-5-2-14(10-22)11-23-19/h2-5,11,18,26H,6-9,12-13H2,1H3. The van der Waals surface area contributed by atoms with E-state index in [-0.39, 0.29) is 29.2 Å². The Hall–Kier alpha value is -3.00. The molecule has 0 amide bonds. The molecular formula is C21H22N4O5S. The highest BCUT2D eigenvalue weighted by molar-refractivity contribution is 7.90. The van der Waals surface area contributed by atoms with E-state index in [0.717, 1.165) is 12.1 Å². The number of aliphatic hydroxyl groups is 1.